The number of carbonyl (C=O) groups excluding carboxylic acids is 1. The zero-order chi connectivity index (χ0) is 26.1. The first-order valence-electron chi connectivity index (χ1n) is 12.4. The van der Waals surface area contributed by atoms with Gasteiger partial charge >= 0.3 is 0 Å². The van der Waals surface area contributed by atoms with Crippen molar-refractivity contribution in [2.75, 3.05) is 67.7 Å². The number of benzene rings is 1. The van der Waals surface area contributed by atoms with E-state index in [9.17, 15) is 9.00 Å². The summed E-state index contributed by atoms with van der Waals surface area (Å²) in [7, 11) is 2.62. The van der Waals surface area contributed by atoms with Gasteiger partial charge in [0.1, 0.15) is 22.6 Å². The second-order valence-electron chi connectivity index (χ2n) is 9.56. The zero-order valence-corrected chi connectivity index (χ0v) is 22.9. The normalized spacial score (nSPS) is 19.2. The molecule has 2 unspecified atom stereocenters. The molecule has 1 aromatic carbocycles. The SMILES string of the molecule is CN(C)c1cc(N2CCOCC2)n2nc(C3CCCCN3C(=O)c3cc(Cl)ccc3NS(C)=O)cc2n1. The van der Waals surface area contributed by atoms with Crippen LogP contribution in [0, 0.1) is 0 Å². The molecule has 37 heavy (non-hydrogen) atoms. The summed E-state index contributed by atoms with van der Waals surface area (Å²) >= 11 is 6.26. The first-order valence-corrected chi connectivity index (χ1v) is 14.4. The van der Waals surface area contributed by atoms with Gasteiger partial charge in [-0.15, -0.1) is 0 Å². The number of anilines is 3. The lowest BCUT2D eigenvalue weighted by atomic mass is 9.98. The van der Waals surface area contributed by atoms with Gasteiger partial charge in [0.05, 0.1) is 36.2 Å². The highest BCUT2D eigenvalue weighted by Gasteiger charge is 2.32. The maximum absolute atomic E-state index is 13.9. The van der Waals surface area contributed by atoms with Gasteiger partial charge in [-0.25, -0.2) is 9.19 Å². The Balaban J connectivity index is 1.54. The molecule has 2 atom stereocenters. The Labute approximate surface area is 224 Å². The maximum Gasteiger partial charge on any atom is 0.256 e. The number of rotatable bonds is 6. The van der Waals surface area contributed by atoms with Gasteiger partial charge in [0.25, 0.3) is 5.91 Å². The predicted octanol–water partition coefficient (Wildman–Crippen LogP) is 3.36. The van der Waals surface area contributed by atoms with Crippen LogP contribution in [0.1, 0.15) is 41.4 Å². The number of amides is 1. The van der Waals surface area contributed by atoms with Gasteiger partial charge in [-0.05, 0) is 37.5 Å². The van der Waals surface area contributed by atoms with E-state index >= 15 is 0 Å². The molecule has 0 radical (unpaired) electrons. The van der Waals surface area contributed by atoms with Crippen molar-refractivity contribution < 1.29 is 13.7 Å². The van der Waals surface area contributed by atoms with E-state index in [0.29, 0.717) is 36.0 Å². The lowest BCUT2D eigenvalue weighted by Crippen LogP contribution is -2.39. The van der Waals surface area contributed by atoms with Crippen LogP contribution in [0.4, 0.5) is 17.3 Å². The minimum atomic E-state index is -1.33. The first kappa shape index (κ1) is 25.7. The fraction of sp³-hybridized carbons (Fsp3) is 0.480. The number of fused-ring (bicyclic) bond motifs is 1. The minimum Gasteiger partial charge on any atom is -0.378 e. The third kappa shape index (κ3) is 5.39. The van der Waals surface area contributed by atoms with Gasteiger partial charge in [0.15, 0.2) is 5.65 Å². The molecule has 0 saturated carbocycles. The van der Waals surface area contributed by atoms with E-state index in [1.165, 1.54) is 6.26 Å². The Hall–Kier alpha value is -2.89. The molecule has 3 aromatic rings. The Bertz CT molecular complexity index is 1330. The molecular formula is C25H32ClN7O3S. The van der Waals surface area contributed by atoms with Crippen LogP contribution in [0.25, 0.3) is 5.65 Å². The zero-order valence-electron chi connectivity index (χ0n) is 21.3. The predicted molar refractivity (Wildman–Crippen MR) is 147 cm³/mol. The van der Waals surface area contributed by atoms with Crippen LogP contribution in [-0.4, -0.2) is 82.8 Å². The number of piperidine rings is 1. The molecule has 2 aliphatic heterocycles. The number of ether oxygens (including phenoxy) is 1. The summed E-state index contributed by atoms with van der Waals surface area (Å²) in [5.41, 5.74) is 2.45. The number of nitrogens with zero attached hydrogens (tertiary/aromatic N) is 6. The summed E-state index contributed by atoms with van der Waals surface area (Å²) in [5, 5.41) is 5.45. The van der Waals surface area contributed by atoms with E-state index in [4.69, 9.17) is 26.4 Å². The number of nitrogens with one attached hydrogen (secondary N) is 1. The fourth-order valence-corrected chi connectivity index (χ4v) is 5.61. The van der Waals surface area contributed by atoms with Crippen LogP contribution < -0.4 is 14.5 Å². The Kier molecular flexibility index (Phi) is 7.55. The van der Waals surface area contributed by atoms with Crippen molar-refractivity contribution in [3.05, 3.63) is 46.6 Å². The molecular weight excluding hydrogens is 514 g/mol. The average molecular weight is 546 g/mol. The van der Waals surface area contributed by atoms with Gasteiger partial charge in [0, 0.05) is 57.1 Å². The topological polar surface area (TPSA) is 95.3 Å². The summed E-state index contributed by atoms with van der Waals surface area (Å²) < 4.78 is 22.2. The molecule has 2 saturated heterocycles. The number of morpholine rings is 1. The summed E-state index contributed by atoms with van der Waals surface area (Å²) in [6.45, 7) is 3.49. The second-order valence-corrected chi connectivity index (χ2v) is 11.1. The smallest absolute Gasteiger partial charge is 0.256 e. The summed E-state index contributed by atoms with van der Waals surface area (Å²) in [5.74, 6) is 1.65. The molecule has 2 aromatic heterocycles. The third-order valence-corrected chi connectivity index (χ3v) is 7.52. The van der Waals surface area contributed by atoms with Crippen molar-refractivity contribution >= 4 is 51.5 Å². The monoisotopic (exact) mass is 545 g/mol. The molecule has 0 bridgehead atoms. The maximum atomic E-state index is 13.9. The van der Waals surface area contributed by atoms with Gasteiger partial charge in [-0.3, -0.25) is 4.79 Å². The molecule has 10 nitrogen and oxygen atoms in total. The highest BCUT2D eigenvalue weighted by molar-refractivity contribution is 7.85. The molecule has 198 valence electrons. The molecule has 12 heteroatoms. The lowest BCUT2D eigenvalue weighted by molar-refractivity contribution is 0.0607. The first-order chi connectivity index (χ1) is 17.8. The molecule has 5 rings (SSSR count). The Morgan fingerprint density at radius 2 is 1.95 bits per heavy atom. The number of likely N-dealkylation sites (tertiary alicyclic amines) is 1. The molecule has 1 N–H and O–H groups in total. The molecule has 0 spiro atoms. The van der Waals surface area contributed by atoms with Crippen LogP contribution in [0.2, 0.25) is 5.02 Å². The van der Waals surface area contributed by atoms with Crippen LogP contribution in [-0.2, 0) is 15.7 Å². The van der Waals surface area contributed by atoms with Crippen molar-refractivity contribution in [2.45, 2.75) is 25.3 Å². The molecule has 2 fully saturated rings. The quantitative estimate of drug-likeness (QED) is 0.507. The number of aromatic nitrogens is 3. The highest BCUT2D eigenvalue weighted by atomic mass is 35.5. The van der Waals surface area contributed by atoms with Crippen LogP contribution >= 0.6 is 11.6 Å². The van der Waals surface area contributed by atoms with E-state index in [1.807, 2.05) is 40.5 Å². The summed E-state index contributed by atoms with van der Waals surface area (Å²) in [6.07, 6.45) is 4.23. The highest BCUT2D eigenvalue weighted by Crippen LogP contribution is 2.35. The second kappa shape index (κ2) is 10.8. The molecule has 0 aliphatic carbocycles. The van der Waals surface area contributed by atoms with Crippen LogP contribution in [0.3, 0.4) is 0 Å². The summed E-state index contributed by atoms with van der Waals surface area (Å²) in [6, 6.07) is 8.85. The lowest BCUT2D eigenvalue weighted by Gasteiger charge is -2.35. The van der Waals surface area contributed by atoms with Crippen LogP contribution in [0.5, 0.6) is 0 Å². The number of halogens is 1. The van der Waals surface area contributed by atoms with E-state index < -0.39 is 11.0 Å². The number of hydrogen-bond acceptors (Lipinski definition) is 7. The van der Waals surface area contributed by atoms with Crippen molar-refractivity contribution in [1.82, 2.24) is 19.5 Å². The number of carbonyl (C=O) groups is 1. The Morgan fingerprint density at radius 1 is 1.16 bits per heavy atom. The van der Waals surface area contributed by atoms with Crippen molar-refractivity contribution in [1.29, 1.82) is 0 Å². The van der Waals surface area contributed by atoms with Crippen LogP contribution in [0.15, 0.2) is 30.3 Å². The minimum absolute atomic E-state index is 0.160. The largest absolute Gasteiger partial charge is 0.378 e. The molecule has 4 heterocycles. The standard InChI is InChI=1S/C25H32ClN7O3S/c1-30(2)22-16-24(31-10-12-36-13-11-31)33-23(27-22)15-20(28-33)21-6-4-5-9-32(21)25(34)18-14-17(26)7-8-19(18)29-37(3)35/h7-8,14-16,21,29H,4-6,9-13H2,1-3H3. The Morgan fingerprint density at radius 3 is 2.68 bits per heavy atom. The van der Waals surface area contributed by atoms with E-state index in [0.717, 1.165) is 55.3 Å². The van der Waals surface area contributed by atoms with Crippen molar-refractivity contribution in [2.24, 2.45) is 0 Å². The third-order valence-electron chi connectivity index (χ3n) is 6.78. The number of hydrogen-bond donors (Lipinski definition) is 1. The van der Waals surface area contributed by atoms with E-state index in [1.54, 1.807) is 18.2 Å². The van der Waals surface area contributed by atoms with E-state index in [2.05, 4.69) is 9.62 Å². The van der Waals surface area contributed by atoms with Crippen molar-refractivity contribution in [3.63, 3.8) is 0 Å². The van der Waals surface area contributed by atoms with Gasteiger partial charge in [-0.1, -0.05) is 11.6 Å². The molecule has 1 amide bonds. The van der Waals surface area contributed by atoms with Crippen molar-refractivity contribution in [3.8, 4) is 0 Å². The van der Waals surface area contributed by atoms with Gasteiger partial charge < -0.3 is 24.2 Å². The molecule has 2 aliphatic rings. The fourth-order valence-electron chi connectivity index (χ4n) is 4.95. The summed E-state index contributed by atoms with van der Waals surface area (Å²) in [4.78, 5) is 24.8. The van der Waals surface area contributed by atoms with Gasteiger partial charge in [0.2, 0.25) is 0 Å². The van der Waals surface area contributed by atoms with Gasteiger partial charge in [-0.2, -0.15) is 9.61 Å². The average Bonchev–Trinajstić information content (AvgIpc) is 3.33. The van der Waals surface area contributed by atoms with E-state index in [-0.39, 0.29) is 11.9 Å².